The molecular formula is C13H27NO. The molecule has 2 fully saturated rings. The molecule has 1 spiro atoms. The van der Waals surface area contributed by atoms with Crippen LogP contribution in [0.4, 0.5) is 0 Å². The van der Waals surface area contributed by atoms with Gasteiger partial charge in [-0.2, -0.15) is 0 Å². The minimum atomic E-state index is 0.508. The summed E-state index contributed by atoms with van der Waals surface area (Å²) in [5.41, 5.74) is 0.561. The van der Waals surface area contributed by atoms with Gasteiger partial charge in [0.15, 0.2) is 0 Å². The fraction of sp³-hybridized carbons (Fsp3) is 1.00. The Morgan fingerprint density at radius 3 is 2.27 bits per heavy atom. The zero-order valence-corrected chi connectivity index (χ0v) is 10.9. The molecule has 1 atom stereocenters. The topological polar surface area (TPSA) is 12.5 Å². The van der Waals surface area contributed by atoms with E-state index in [9.17, 15) is 0 Å². The molecule has 0 radical (unpaired) electrons. The second kappa shape index (κ2) is 5.86. The Kier molecular flexibility index (Phi) is 5.07. The molecule has 90 valence electrons. The molecule has 2 rings (SSSR count). The zero-order valence-electron chi connectivity index (χ0n) is 10.9. The minimum absolute atomic E-state index is 0.508. The molecular weight excluding hydrogens is 186 g/mol. The fourth-order valence-corrected chi connectivity index (χ4v) is 2.74. The Hall–Kier alpha value is -0.0800. The number of hydrogen-bond donors (Lipinski definition) is 0. The zero-order chi connectivity index (χ0) is 11.3. The van der Waals surface area contributed by atoms with Crippen LogP contribution in [0, 0.1) is 5.41 Å². The Morgan fingerprint density at radius 2 is 1.87 bits per heavy atom. The van der Waals surface area contributed by atoms with E-state index in [1.807, 2.05) is 13.8 Å². The minimum Gasteiger partial charge on any atom is -0.378 e. The van der Waals surface area contributed by atoms with Gasteiger partial charge in [-0.1, -0.05) is 20.8 Å². The number of ether oxygens (including phenoxy) is 1. The third kappa shape index (κ3) is 3.18. The first kappa shape index (κ1) is 13.0. The average molecular weight is 213 g/mol. The van der Waals surface area contributed by atoms with Crippen molar-refractivity contribution >= 4 is 0 Å². The summed E-state index contributed by atoms with van der Waals surface area (Å²) in [4.78, 5) is 2.55. The first-order chi connectivity index (χ1) is 7.24. The monoisotopic (exact) mass is 213 g/mol. The van der Waals surface area contributed by atoms with Crippen molar-refractivity contribution in [3.63, 3.8) is 0 Å². The highest BCUT2D eigenvalue weighted by Gasteiger charge is 2.40. The van der Waals surface area contributed by atoms with E-state index in [0.717, 1.165) is 6.61 Å². The third-order valence-corrected chi connectivity index (χ3v) is 3.76. The first-order valence-electron chi connectivity index (χ1n) is 6.58. The molecule has 0 saturated carbocycles. The van der Waals surface area contributed by atoms with Crippen LogP contribution < -0.4 is 0 Å². The van der Waals surface area contributed by atoms with Crippen molar-refractivity contribution in [1.29, 1.82) is 0 Å². The van der Waals surface area contributed by atoms with E-state index in [1.54, 1.807) is 0 Å². The van der Waals surface area contributed by atoms with Crippen LogP contribution in [0.5, 0.6) is 0 Å². The van der Waals surface area contributed by atoms with Crippen molar-refractivity contribution in [3.8, 4) is 0 Å². The predicted octanol–water partition coefficient (Wildman–Crippen LogP) is 2.92. The average Bonchev–Trinajstić information content (AvgIpc) is 2.64. The molecule has 0 aromatic heterocycles. The van der Waals surface area contributed by atoms with E-state index in [2.05, 4.69) is 18.7 Å². The molecule has 2 saturated heterocycles. The number of nitrogens with zero attached hydrogens (tertiary/aromatic N) is 1. The summed E-state index contributed by atoms with van der Waals surface area (Å²) in [5.74, 6) is 0. The van der Waals surface area contributed by atoms with Gasteiger partial charge in [-0.3, -0.25) is 0 Å². The highest BCUT2D eigenvalue weighted by atomic mass is 16.5. The van der Waals surface area contributed by atoms with E-state index in [4.69, 9.17) is 4.74 Å². The summed E-state index contributed by atoms with van der Waals surface area (Å²) < 4.78 is 5.70. The van der Waals surface area contributed by atoms with Gasteiger partial charge >= 0.3 is 0 Å². The largest absolute Gasteiger partial charge is 0.378 e. The third-order valence-electron chi connectivity index (χ3n) is 3.76. The van der Waals surface area contributed by atoms with Crippen LogP contribution in [-0.4, -0.2) is 37.2 Å². The van der Waals surface area contributed by atoms with Gasteiger partial charge in [0.25, 0.3) is 0 Å². The van der Waals surface area contributed by atoms with Crippen molar-refractivity contribution in [2.45, 2.75) is 53.1 Å². The van der Waals surface area contributed by atoms with Gasteiger partial charge in [0.05, 0.1) is 12.7 Å². The summed E-state index contributed by atoms with van der Waals surface area (Å²) in [7, 11) is 0. The van der Waals surface area contributed by atoms with Gasteiger partial charge in [-0.05, 0) is 51.2 Å². The molecule has 0 bridgehead atoms. The lowest BCUT2D eigenvalue weighted by molar-refractivity contribution is 0.0708. The summed E-state index contributed by atoms with van der Waals surface area (Å²) >= 11 is 0. The van der Waals surface area contributed by atoms with Crippen LogP contribution in [-0.2, 0) is 4.74 Å². The van der Waals surface area contributed by atoms with E-state index < -0.39 is 0 Å². The maximum Gasteiger partial charge on any atom is 0.0553 e. The Balaban J connectivity index is 0.000000531. The molecule has 2 nitrogen and oxygen atoms in total. The van der Waals surface area contributed by atoms with Crippen molar-refractivity contribution in [1.82, 2.24) is 4.90 Å². The smallest absolute Gasteiger partial charge is 0.0553 e. The van der Waals surface area contributed by atoms with Gasteiger partial charge in [-0.25, -0.2) is 0 Å². The molecule has 15 heavy (non-hydrogen) atoms. The highest BCUT2D eigenvalue weighted by Crippen LogP contribution is 2.41. The number of hydrogen-bond acceptors (Lipinski definition) is 2. The van der Waals surface area contributed by atoms with Gasteiger partial charge in [-0.15, -0.1) is 0 Å². The number of likely N-dealkylation sites (tertiary alicyclic amines) is 1. The van der Waals surface area contributed by atoms with Gasteiger partial charge in [0.1, 0.15) is 0 Å². The SMILES string of the molecule is CC.CCN1CCC2(CC1)COC(C)C2. The highest BCUT2D eigenvalue weighted by molar-refractivity contribution is 4.90. The lowest BCUT2D eigenvalue weighted by atomic mass is 9.77. The molecule has 0 aromatic rings. The molecule has 0 amide bonds. The normalized spacial score (nSPS) is 30.0. The molecule has 2 aliphatic heterocycles. The van der Waals surface area contributed by atoms with Crippen molar-refractivity contribution in [2.24, 2.45) is 5.41 Å². The van der Waals surface area contributed by atoms with Crippen LogP contribution in [0.1, 0.15) is 47.0 Å². The maximum absolute atomic E-state index is 5.70. The number of piperidine rings is 1. The van der Waals surface area contributed by atoms with Crippen molar-refractivity contribution < 1.29 is 4.74 Å². The van der Waals surface area contributed by atoms with E-state index in [1.165, 1.54) is 38.9 Å². The lowest BCUT2D eigenvalue weighted by Crippen LogP contribution is -2.40. The second-order valence-corrected chi connectivity index (χ2v) is 4.76. The molecule has 1 unspecified atom stereocenters. The summed E-state index contributed by atoms with van der Waals surface area (Å²) in [6.45, 7) is 13.3. The van der Waals surface area contributed by atoms with Gasteiger partial charge in [0.2, 0.25) is 0 Å². The lowest BCUT2D eigenvalue weighted by Gasteiger charge is -2.37. The van der Waals surface area contributed by atoms with Gasteiger partial charge in [0, 0.05) is 0 Å². The molecule has 0 aromatic carbocycles. The van der Waals surface area contributed by atoms with Crippen LogP contribution in [0.25, 0.3) is 0 Å². The van der Waals surface area contributed by atoms with Crippen LogP contribution in [0.2, 0.25) is 0 Å². The molecule has 2 aliphatic rings. The summed E-state index contributed by atoms with van der Waals surface area (Å²) in [6, 6.07) is 0. The van der Waals surface area contributed by atoms with Crippen molar-refractivity contribution in [3.05, 3.63) is 0 Å². The van der Waals surface area contributed by atoms with E-state index in [-0.39, 0.29) is 0 Å². The Morgan fingerprint density at radius 1 is 1.27 bits per heavy atom. The quantitative estimate of drug-likeness (QED) is 0.664. The second-order valence-electron chi connectivity index (χ2n) is 4.76. The fourth-order valence-electron chi connectivity index (χ4n) is 2.74. The predicted molar refractivity (Wildman–Crippen MR) is 65.2 cm³/mol. The van der Waals surface area contributed by atoms with Gasteiger partial charge < -0.3 is 9.64 Å². The molecule has 0 aliphatic carbocycles. The molecule has 2 heteroatoms. The van der Waals surface area contributed by atoms with Crippen molar-refractivity contribution in [2.75, 3.05) is 26.2 Å². The molecule has 0 N–H and O–H groups in total. The Labute approximate surface area is 95.0 Å². The molecule has 2 heterocycles. The summed E-state index contributed by atoms with van der Waals surface area (Å²) in [5, 5.41) is 0. The maximum atomic E-state index is 5.70. The Bertz CT molecular complexity index is 173. The van der Waals surface area contributed by atoms with E-state index >= 15 is 0 Å². The van der Waals surface area contributed by atoms with Crippen LogP contribution in [0.15, 0.2) is 0 Å². The summed E-state index contributed by atoms with van der Waals surface area (Å²) in [6.07, 6.45) is 4.51. The van der Waals surface area contributed by atoms with E-state index in [0.29, 0.717) is 11.5 Å². The first-order valence-corrected chi connectivity index (χ1v) is 6.58. The van der Waals surface area contributed by atoms with Crippen LogP contribution in [0.3, 0.4) is 0 Å². The van der Waals surface area contributed by atoms with Crippen LogP contribution >= 0.6 is 0 Å². The number of rotatable bonds is 1. The standard InChI is InChI=1S/C11H21NO.C2H6/c1-3-12-6-4-11(5-7-12)8-10(2)13-9-11;1-2/h10H,3-9H2,1-2H3;1-2H3.